The Labute approximate surface area is 159 Å². The van der Waals surface area contributed by atoms with E-state index in [1.807, 2.05) is 0 Å². The van der Waals surface area contributed by atoms with Crippen molar-refractivity contribution in [2.75, 3.05) is 5.73 Å². The minimum atomic E-state index is -4.62. The van der Waals surface area contributed by atoms with Crippen LogP contribution in [0.4, 0.5) is 18.9 Å². The summed E-state index contributed by atoms with van der Waals surface area (Å²) in [5.41, 5.74) is 5.51. The number of hydrogen-bond donors (Lipinski definition) is 1. The fraction of sp³-hybridized carbons (Fsp3) is 0.0526. The van der Waals surface area contributed by atoms with E-state index >= 15 is 0 Å². The molecule has 3 nitrogen and oxygen atoms in total. The first kappa shape index (κ1) is 17.7. The van der Waals surface area contributed by atoms with Crippen molar-refractivity contribution in [3.05, 3.63) is 69.9 Å². The third-order valence-electron chi connectivity index (χ3n) is 4.02. The van der Waals surface area contributed by atoms with Crippen LogP contribution in [-0.2, 0) is 6.18 Å². The van der Waals surface area contributed by atoms with Crippen molar-refractivity contribution >= 4 is 44.4 Å². The highest BCUT2D eigenvalue weighted by Crippen LogP contribution is 2.44. The Bertz CT molecular complexity index is 1130. The fourth-order valence-electron chi connectivity index (χ4n) is 2.78. The number of carbonyl (C=O) groups is 1. The lowest BCUT2D eigenvalue weighted by molar-refractivity contribution is -0.136. The van der Waals surface area contributed by atoms with E-state index in [4.69, 9.17) is 5.73 Å². The molecule has 1 aromatic carbocycles. The SMILES string of the molecule is Nc1c(C(=O)c2ccccc2)sc2nc(-c3cccs3)cc(C(F)(F)F)c12. The zero-order valence-electron chi connectivity index (χ0n) is 13.6. The molecule has 4 aromatic rings. The molecule has 0 spiro atoms. The van der Waals surface area contributed by atoms with Crippen LogP contribution in [0.5, 0.6) is 0 Å². The van der Waals surface area contributed by atoms with E-state index in [2.05, 4.69) is 4.98 Å². The summed E-state index contributed by atoms with van der Waals surface area (Å²) in [4.78, 5) is 17.9. The Kier molecular flexibility index (Phi) is 4.24. The van der Waals surface area contributed by atoms with E-state index in [-0.39, 0.29) is 26.5 Å². The van der Waals surface area contributed by atoms with Gasteiger partial charge in [0.25, 0.3) is 0 Å². The topological polar surface area (TPSA) is 56.0 Å². The second kappa shape index (κ2) is 6.47. The summed E-state index contributed by atoms with van der Waals surface area (Å²) in [5, 5.41) is 1.55. The number of anilines is 1. The third-order valence-corrected chi connectivity index (χ3v) is 6.01. The van der Waals surface area contributed by atoms with Crippen LogP contribution in [0.15, 0.2) is 53.9 Å². The maximum atomic E-state index is 13.7. The Balaban J connectivity index is 1.97. The van der Waals surface area contributed by atoms with Crippen LogP contribution in [0.3, 0.4) is 0 Å². The molecule has 0 amide bonds. The molecule has 0 atom stereocenters. The van der Waals surface area contributed by atoms with E-state index in [1.165, 1.54) is 11.3 Å². The molecule has 0 saturated carbocycles. The number of benzene rings is 1. The first-order valence-electron chi connectivity index (χ1n) is 7.80. The van der Waals surface area contributed by atoms with Gasteiger partial charge in [0.05, 0.1) is 21.8 Å². The number of thiophene rings is 2. The number of rotatable bonds is 3. The van der Waals surface area contributed by atoms with Gasteiger partial charge in [-0.1, -0.05) is 36.4 Å². The number of hydrogen-bond acceptors (Lipinski definition) is 5. The van der Waals surface area contributed by atoms with Gasteiger partial charge in [-0.15, -0.1) is 22.7 Å². The lowest BCUT2D eigenvalue weighted by atomic mass is 10.1. The van der Waals surface area contributed by atoms with Gasteiger partial charge < -0.3 is 5.73 Å². The summed E-state index contributed by atoms with van der Waals surface area (Å²) >= 11 is 2.18. The van der Waals surface area contributed by atoms with E-state index in [0.29, 0.717) is 10.4 Å². The Morgan fingerprint density at radius 3 is 2.44 bits per heavy atom. The number of nitrogens with two attached hydrogens (primary N) is 1. The highest BCUT2D eigenvalue weighted by Gasteiger charge is 2.36. The van der Waals surface area contributed by atoms with Gasteiger partial charge >= 0.3 is 6.18 Å². The normalized spacial score (nSPS) is 11.8. The third kappa shape index (κ3) is 3.11. The second-order valence-electron chi connectivity index (χ2n) is 5.75. The van der Waals surface area contributed by atoms with Crippen molar-refractivity contribution in [1.29, 1.82) is 0 Å². The molecule has 8 heteroatoms. The largest absolute Gasteiger partial charge is 0.417 e. The molecule has 0 bridgehead atoms. The molecule has 27 heavy (non-hydrogen) atoms. The van der Waals surface area contributed by atoms with E-state index < -0.39 is 17.5 Å². The molecule has 136 valence electrons. The molecular weight excluding hydrogens is 393 g/mol. The number of ketones is 1. The zero-order valence-corrected chi connectivity index (χ0v) is 15.2. The van der Waals surface area contributed by atoms with Crippen LogP contribution >= 0.6 is 22.7 Å². The molecule has 0 unspecified atom stereocenters. The number of alkyl halides is 3. The molecular formula is C19H11F3N2OS2. The van der Waals surface area contributed by atoms with Gasteiger partial charge in [-0.05, 0) is 17.5 Å². The minimum absolute atomic E-state index is 0.0672. The number of halogens is 3. The first-order valence-corrected chi connectivity index (χ1v) is 9.49. The van der Waals surface area contributed by atoms with Gasteiger partial charge in [-0.2, -0.15) is 13.2 Å². The Morgan fingerprint density at radius 1 is 1.07 bits per heavy atom. The number of pyridine rings is 1. The van der Waals surface area contributed by atoms with Crippen LogP contribution < -0.4 is 5.73 Å². The number of aromatic nitrogens is 1. The van der Waals surface area contributed by atoms with Crippen LogP contribution in [0, 0.1) is 0 Å². The average molecular weight is 404 g/mol. The van der Waals surface area contributed by atoms with Gasteiger partial charge in [0.2, 0.25) is 5.78 Å². The second-order valence-corrected chi connectivity index (χ2v) is 7.70. The fourth-order valence-corrected chi connectivity index (χ4v) is 4.55. The van der Waals surface area contributed by atoms with Crippen molar-refractivity contribution in [1.82, 2.24) is 4.98 Å². The van der Waals surface area contributed by atoms with Crippen LogP contribution in [0.25, 0.3) is 20.8 Å². The van der Waals surface area contributed by atoms with E-state index in [9.17, 15) is 18.0 Å². The van der Waals surface area contributed by atoms with Crippen molar-refractivity contribution < 1.29 is 18.0 Å². The average Bonchev–Trinajstić information content (AvgIpc) is 3.29. The lowest BCUT2D eigenvalue weighted by Crippen LogP contribution is -2.08. The molecule has 3 heterocycles. The maximum Gasteiger partial charge on any atom is 0.417 e. The van der Waals surface area contributed by atoms with Crippen molar-refractivity contribution in [3.8, 4) is 10.6 Å². The van der Waals surface area contributed by atoms with E-state index in [0.717, 1.165) is 17.4 Å². The number of nitrogens with zero attached hydrogens (tertiary/aromatic N) is 1. The van der Waals surface area contributed by atoms with Crippen LogP contribution in [-0.4, -0.2) is 10.8 Å². The summed E-state index contributed by atoms with van der Waals surface area (Å²) in [7, 11) is 0. The standard InChI is InChI=1S/C19H11F3N2OS2/c20-19(21,22)11-9-12(13-7-4-8-26-13)24-18-14(11)15(23)17(27-18)16(25)10-5-2-1-3-6-10/h1-9H,23H2. The summed E-state index contributed by atoms with van der Waals surface area (Å²) in [6, 6.07) is 12.8. The van der Waals surface area contributed by atoms with Crippen LogP contribution in [0.1, 0.15) is 20.8 Å². The summed E-state index contributed by atoms with van der Waals surface area (Å²) in [6.45, 7) is 0. The van der Waals surface area contributed by atoms with Gasteiger partial charge in [0.1, 0.15) is 9.71 Å². The highest BCUT2D eigenvalue weighted by molar-refractivity contribution is 7.21. The summed E-state index contributed by atoms with van der Waals surface area (Å²) in [5.74, 6) is -0.415. The van der Waals surface area contributed by atoms with Gasteiger partial charge in [-0.3, -0.25) is 4.79 Å². The maximum absolute atomic E-state index is 13.7. The summed E-state index contributed by atoms with van der Waals surface area (Å²) < 4.78 is 41.1. The van der Waals surface area contributed by atoms with Crippen molar-refractivity contribution in [2.45, 2.75) is 6.18 Å². The molecule has 0 fully saturated rings. The molecule has 0 aliphatic carbocycles. The molecule has 0 radical (unpaired) electrons. The monoisotopic (exact) mass is 404 g/mol. The van der Waals surface area contributed by atoms with Crippen molar-refractivity contribution in [3.63, 3.8) is 0 Å². The minimum Gasteiger partial charge on any atom is -0.397 e. The van der Waals surface area contributed by atoms with Gasteiger partial charge in [-0.25, -0.2) is 4.98 Å². The number of nitrogen functional groups attached to an aromatic ring is 1. The van der Waals surface area contributed by atoms with Crippen molar-refractivity contribution in [2.24, 2.45) is 0 Å². The number of fused-ring (bicyclic) bond motifs is 1. The molecule has 2 N–H and O–H groups in total. The van der Waals surface area contributed by atoms with Gasteiger partial charge in [0.15, 0.2) is 0 Å². The predicted octanol–water partition coefficient (Wildman–Crippen LogP) is 5.86. The van der Waals surface area contributed by atoms with Crippen LogP contribution in [0.2, 0.25) is 0 Å². The van der Waals surface area contributed by atoms with Gasteiger partial charge in [0, 0.05) is 10.9 Å². The lowest BCUT2D eigenvalue weighted by Gasteiger charge is -2.10. The molecule has 3 aromatic heterocycles. The summed E-state index contributed by atoms with van der Waals surface area (Å²) in [6.07, 6.45) is -4.62. The molecule has 4 rings (SSSR count). The Morgan fingerprint density at radius 2 is 1.81 bits per heavy atom. The molecule has 0 saturated heterocycles. The molecule has 0 aliphatic rings. The Hall–Kier alpha value is -2.71. The quantitative estimate of drug-likeness (QED) is 0.435. The molecule has 0 aliphatic heterocycles. The van der Waals surface area contributed by atoms with E-state index in [1.54, 1.807) is 47.8 Å². The smallest absolute Gasteiger partial charge is 0.397 e. The zero-order chi connectivity index (χ0) is 19.2. The highest BCUT2D eigenvalue weighted by atomic mass is 32.1. The predicted molar refractivity (Wildman–Crippen MR) is 102 cm³/mol. The first-order chi connectivity index (χ1) is 12.9. The number of carbonyl (C=O) groups excluding carboxylic acids is 1.